The molecule has 1 saturated heterocycles. The van der Waals surface area contributed by atoms with Crippen molar-refractivity contribution in [1.29, 1.82) is 0 Å². The van der Waals surface area contributed by atoms with Crippen molar-refractivity contribution < 1.29 is 14.3 Å². The summed E-state index contributed by atoms with van der Waals surface area (Å²) in [4.78, 5) is 18.4. The number of carbonyl (C=O) groups excluding carboxylic acids is 1. The molecule has 0 aromatic carbocycles. The van der Waals surface area contributed by atoms with Crippen molar-refractivity contribution in [2.75, 3.05) is 36.9 Å². The van der Waals surface area contributed by atoms with Gasteiger partial charge >= 0.3 is 5.97 Å². The van der Waals surface area contributed by atoms with E-state index in [-0.39, 0.29) is 5.60 Å². The lowest BCUT2D eigenvalue weighted by Crippen LogP contribution is -2.49. The Kier molecular flexibility index (Phi) is 4.13. The molecule has 0 atom stereocenters. The molecule has 6 nitrogen and oxygen atoms in total. The number of rotatable bonds is 3. The molecule has 0 unspecified atom stereocenters. The van der Waals surface area contributed by atoms with E-state index >= 15 is 0 Å². The van der Waals surface area contributed by atoms with Gasteiger partial charge in [-0.15, -0.1) is 0 Å². The number of nitrogen functional groups attached to an aromatic ring is 1. The van der Waals surface area contributed by atoms with Crippen LogP contribution in [0.3, 0.4) is 0 Å². The molecule has 1 fully saturated rings. The first kappa shape index (κ1) is 14.6. The zero-order chi connectivity index (χ0) is 14.8. The Morgan fingerprint density at radius 2 is 2.35 bits per heavy atom. The summed E-state index contributed by atoms with van der Waals surface area (Å²) in [6, 6.07) is 1.61. The molecule has 20 heavy (non-hydrogen) atoms. The highest BCUT2D eigenvalue weighted by Crippen LogP contribution is 2.26. The van der Waals surface area contributed by atoms with E-state index < -0.39 is 5.97 Å². The molecule has 110 valence electrons. The maximum atomic E-state index is 12.0. The first-order valence-electron chi connectivity index (χ1n) is 6.74. The fraction of sp³-hybridized carbons (Fsp3) is 0.571. The van der Waals surface area contributed by atoms with Gasteiger partial charge in [-0.25, -0.2) is 9.78 Å². The number of morpholine rings is 1. The highest BCUT2D eigenvalue weighted by molar-refractivity contribution is 5.95. The molecule has 1 aromatic heterocycles. The standard InChI is InChI=1S/C14H21N3O3/c1-4-19-13(18)11-7-10(15)8-16-12(11)17-5-6-20-14(2,3)9-17/h7-8H,4-6,9,15H2,1-3H3. The molecule has 0 saturated carbocycles. The second-order valence-corrected chi connectivity index (χ2v) is 5.39. The minimum atomic E-state index is -0.397. The number of esters is 1. The zero-order valence-electron chi connectivity index (χ0n) is 12.2. The first-order chi connectivity index (χ1) is 9.43. The van der Waals surface area contributed by atoms with Gasteiger partial charge in [-0.3, -0.25) is 0 Å². The predicted octanol–water partition coefficient (Wildman–Crippen LogP) is 1.46. The van der Waals surface area contributed by atoms with Crippen molar-refractivity contribution in [3.05, 3.63) is 17.8 Å². The monoisotopic (exact) mass is 279 g/mol. The SMILES string of the molecule is CCOC(=O)c1cc(N)cnc1N1CCOC(C)(C)C1. The van der Waals surface area contributed by atoms with Crippen molar-refractivity contribution in [3.63, 3.8) is 0 Å². The summed E-state index contributed by atoms with van der Waals surface area (Å²) in [6.45, 7) is 8.07. The number of ether oxygens (including phenoxy) is 2. The summed E-state index contributed by atoms with van der Waals surface area (Å²) in [7, 11) is 0. The van der Waals surface area contributed by atoms with Crippen LogP contribution >= 0.6 is 0 Å². The second-order valence-electron chi connectivity index (χ2n) is 5.39. The van der Waals surface area contributed by atoms with E-state index in [1.807, 2.05) is 18.7 Å². The van der Waals surface area contributed by atoms with Gasteiger partial charge in [0.05, 0.1) is 30.7 Å². The third kappa shape index (κ3) is 3.19. The van der Waals surface area contributed by atoms with Crippen LogP contribution in [0.25, 0.3) is 0 Å². The Hall–Kier alpha value is -1.82. The topological polar surface area (TPSA) is 77.7 Å². The van der Waals surface area contributed by atoms with Crippen molar-refractivity contribution in [2.24, 2.45) is 0 Å². The number of pyridine rings is 1. The molecule has 0 bridgehead atoms. The van der Waals surface area contributed by atoms with Crippen LogP contribution in [0.2, 0.25) is 0 Å². The quantitative estimate of drug-likeness (QED) is 0.844. The summed E-state index contributed by atoms with van der Waals surface area (Å²) >= 11 is 0. The molecule has 0 spiro atoms. The van der Waals surface area contributed by atoms with Crippen LogP contribution in [0.4, 0.5) is 11.5 Å². The third-order valence-corrected chi connectivity index (χ3v) is 3.11. The molecule has 0 aliphatic carbocycles. The number of hydrogen-bond acceptors (Lipinski definition) is 6. The number of aromatic nitrogens is 1. The molecule has 2 N–H and O–H groups in total. The van der Waals surface area contributed by atoms with E-state index in [9.17, 15) is 4.79 Å². The van der Waals surface area contributed by atoms with E-state index in [0.717, 1.165) is 0 Å². The van der Waals surface area contributed by atoms with Crippen LogP contribution in [0, 0.1) is 0 Å². The maximum Gasteiger partial charge on any atom is 0.341 e. The Bertz CT molecular complexity index is 502. The van der Waals surface area contributed by atoms with Gasteiger partial charge in [0.1, 0.15) is 11.4 Å². The largest absolute Gasteiger partial charge is 0.462 e. The van der Waals surface area contributed by atoms with Crippen LogP contribution in [0.15, 0.2) is 12.3 Å². The summed E-state index contributed by atoms with van der Waals surface area (Å²) < 4.78 is 10.8. The van der Waals surface area contributed by atoms with Gasteiger partial charge in [0.15, 0.2) is 0 Å². The highest BCUT2D eigenvalue weighted by Gasteiger charge is 2.30. The molecule has 2 heterocycles. The van der Waals surface area contributed by atoms with Gasteiger partial charge in [-0.05, 0) is 26.8 Å². The Morgan fingerprint density at radius 3 is 3.00 bits per heavy atom. The summed E-state index contributed by atoms with van der Waals surface area (Å²) in [6.07, 6.45) is 1.56. The lowest BCUT2D eigenvalue weighted by atomic mass is 10.1. The van der Waals surface area contributed by atoms with E-state index in [0.29, 0.717) is 43.4 Å². The van der Waals surface area contributed by atoms with Crippen molar-refractivity contribution >= 4 is 17.5 Å². The van der Waals surface area contributed by atoms with E-state index in [2.05, 4.69) is 4.98 Å². The van der Waals surface area contributed by atoms with Gasteiger partial charge in [0.2, 0.25) is 0 Å². The molecule has 1 aromatic rings. The van der Waals surface area contributed by atoms with Crippen LogP contribution in [-0.2, 0) is 9.47 Å². The van der Waals surface area contributed by atoms with Crippen molar-refractivity contribution in [1.82, 2.24) is 4.98 Å². The van der Waals surface area contributed by atoms with E-state index in [1.165, 1.54) is 0 Å². The zero-order valence-corrected chi connectivity index (χ0v) is 12.2. The molecule has 6 heteroatoms. The fourth-order valence-electron chi connectivity index (χ4n) is 2.28. The summed E-state index contributed by atoms with van der Waals surface area (Å²) in [5.41, 5.74) is 6.32. The number of nitrogens with two attached hydrogens (primary N) is 1. The average molecular weight is 279 g/mol. The van der Waals surface area contributed by atoms with Gasteiger partial charge in [-0.2, -0.15) is 0 Å². The molecule has 1 aliphatic heterocycles. The number of hydrogen-bond donors (Lipinski definition) is 1. The Balaban J connectivity index is 2.33. The Labute approximate surface area is 118 Å². The Morgan fingerprint density at radius 1 is 1.60 bits per heavy atom. The van der Waals surface area contributed by atoms with Gasteiger partial charge in [0, 0.05) is 13.1 Å². The van der Waals surface area contributed by atoms with Crippen LogP contribution in [0.1, 0.15) is 31.1 Å². The number of anilines is 2. The molecular weight excluding hydrogens is 258 g/mol. The minimum absolute atomic E-state index is 0.271. The first-order valence-corrected chi connectivity index (χ1v) is 6.74. The smallest absolute Gasteiger partial charge is 0.341 e. The third-order valence-electron chi connectivity index (χ3n) is 3.11. The maximum absolute atomic E-state index is 12.0. The van der Waals surface area contributed by atoms with Gasteiger partial charge in [-0.1, -0.05) is 0 Å². The minimum Gasteiger partial charge on any atom is -0.462 e. The van der Waals surface area contributed by atoms with Crippen molar-refractivity contribution in [3.8, 4) is 0 Å². The molecule has 0 radical (unpaired) electrons. The van der Waals surface area contributed by atoms with E-state index in [1.54, 1.807) is 19.2 Å². The van der Waals surface area contributed by atoms with Crippen LogP contribution in [-0.4, -0.2) is 42.9 Å². The van der Waals surface area contributed by atoms with Crippen LogP contribution < -0.4 is 10.6 Å². The molecular formula is C14H21N3O3. The van der Waals surface area contributed by atoms with Crippen LogP contribution in [0.5, 0.6) is 0 Å². The normalized spacial score (nSPS) is 17.9. The number of nitrogens with zero attached hydrogens (tertiary/aromatic N) is 2. The number of carbonyl (C=O) groups is 1. The predicted molar refractivity (Wildman–Crippen MR) is 76.8 cm³/mol. The van der Waals surface area contributed by atoms with Gasteiger partial charge in [0.25, 0.3) is 0 Å². The highest BCUT2D eigenvalue weighted by atomic mass is 16.5. The summed E-state index contributed by atoms with van der Waals surface area (Å²) in [5.74, 6) is 0.209. The van der Waals surface area contributed by atoms with E-state index in [4.69, 9.17) is 15.2 Å². The fourth-order valence-corrected chi connectivity index (χ4v) is 2.28. The molecule has 0 amide bonds. The van der Waals surface area contributed by atoms with Gasteiger partial charge < -0.3 is 20.1 Å². The second kappa shape index (κ2) is 5.66. The average Bonchev–Trinajstić information content (AvgIpc) is 2.37. The molecule has 2 rings (SSSR count). The lowest BCUT2D eigenvalue weighted by Gasteiger charge is -2.39. The molecule has 1 aliphatic rings. The summed E-state index contributed by atoms with van der Waals surface area (Å²) in [5, 5.41) is 0. The lowest BCUT2D eigenvalue weighted by molar-refractivity contribution is -0.0280. The van der Waals surface area contributed by atoms with Crippen molar-refractivity contribution in [2.45, 2.75) is 26.4 Å².